The van der Waals surface area contributed by atoms with Crippen molar-refractivity contribution in [3.05, 3.63) is 120 Å². The first-order chi connectivity index (χ1) is 20.8. The third kappa shape index (κ3) is 6.76. The number of amidine groups is 1. The molecule has 5 rings (SSSR count). The standard InChI is InChI=1S/C31H23Br2N3O6S/c1-40-26-9-5-3-7-24(26)34-31-35(25-8-4-6-10-27(25)41-2)30(37)28(43-31)17-20-15-22(32)29(23(33)16-20)42-18-19-11-13-21(14-12-19)36(38)39/h3-17H,18H2,1-2H3/b28-17-,34-31?. The highest BCUT2D eigenvalue weighted by atomic mass is 79.9. The number of amides is 1. The minimum Gasteiger partial charge on any atom is -0.495 e. The number of benzene rings is 4. The second kappa shape index (κ2) is 13.4. The van der Waals surface area contributed by atoms with Crippen molar-refractivity contribution in [2.75, 3.05) is 19.1 Å². The molecule has 4 aromatic carbocycles. The lowest BCUT2D eigenvalue weighted by molar-refractivity contribution is -0.384. The molecular formula is C31H23Br2N3O6S. The number of thioether (sulfide) groups is 1. The third-order valence-electron chi connectivity index (χ3n) is 6.28. The van der Waals surface area contributed by atoms with Gasteiger partial charge >= 0.3 is 0 Å². The Kier molecular flexibility index (Phi) is 9.49. The third-order valence-corrected chi connectivity index (χ3v) is 8.43. The number of hydrogen-bond acceptors (Lipinski definition) is 8. The monoisotopic (exact) mass is 723 g/mol. The Morgan fingerprint density at radius 3 is 2.21 bits per heavy atom. The van der Waals surface area contributed by atoms with Crippen LogP contribution in [-0.4, -0.2) is 30.2 Å². The van der Waals surface area contributed by atoms with Gasteiger partial charge in [0, 0.05) is 12.1 Å². The summed E-state index contributed by atoms with van der Waals surface area (Å²) < 4.78 is 18.4. The number of halogens is 2. The fourth-order valence-electron chi connectivity index (χ4n) is 4.22. The summed E-state index contributed by atoms with van der Waals surface area (Å²) in [6, 6.07) is 24.5. The lowest BCUT2D eigenvalue weighted by Crippen LogP contribution is -2.29. The Morgan fingerprint density at radius 2 is 1.56 bits per heavy atom. The van der Waals surface area contributed by atoms with E-state index in [1.807, 2.05) is 54.6 Å². The van der Waals surface area contributed by atoms with Gasteiger partial charge in [-0.05, 0) is 109 Å². The van der Waals surface area contributed by atoms with Gasteiger partial charge in [-0.3, -0.25) is 19.8 Å². The van der Waals surface area contributed by atoms with Gasteiger partial charge in [0.05, 0.1) is 38.7 Å². The largest absolute Gasteiger partial charge is 0.495 e. The molecule has 1 saturated heterocycles. The van der Waals surface area contributed by atoms with Gasteiger partial charge in [0.1, 0.15) is 29.5 Å². The molecule has 4 aromatic rings. The molecule has 1 amide bonds. The van der Waals surface area contributed by atoms with E-state index in [9.17, 15) is 14.9 Å². The number of anilines is 1. The van der Waals surface area contributed by atoms with Crippen molar-refractivity contribution in [3.8, 4) is 17.2 Å². The van der Waals surface area contributed by atoms with Gasteiger partial charge in [-0.15, -0.1) is 0 Å². The first-order valence-electron chi connectivity index (χ1n) is 12.7. The zero-order valence-corrected chi connectivity index (χ0v) is 26.8. The van der Waals surface area contributed by atoms with Gasteiger partial charge in [-0.1, -0.05) is 24.3 Å². The Labute approximate surface area is 268 Å². The van der Waals surface area contributed by atoms with Crippen molar-refractivity contribution >= 4 is 77.8 Å². The number of ether oxygens (including phenoxy) is 3. The predicted molar refractivity (Wildman–Crippen MR) is 175 cm³/mol. The molecule has 43 heavy (non-hydrogen) atoms. The predicted octanol–water partition coefficient (Wildman–Crippen LogP) is 8.52. The lowest BCUT2D eigenvalue weighted by Gasteiger charge is -2.18. The maximum Gasteiger partial charge on any atom is 0.271 e. The first kappa shape index (κ1) is 30.3. The summed E-state index contributed by atoms with van der Waals surface area (Å²) in [4.78, 5) is 31.1. The van der Waals surface area contributed by atoms with Gasteiger partial charge in [0.2, 0.25) is 0 Å². The molecule has 0 atom stereocenters. The van der Waals surface area contributed by atoms with Crippen LogP contribution in [0.1, 0.15) is 11.1 Å². The fourth-order valence-corrected chi connectivity index (χ4v) is 6.66. The highest BCUT2D eigenvalue weighted by Gasteiger charge is 2.36. The molecule has 1 fully saturated rings. The summed E-state index contributed by atoms with van der Waals surface area (Å²) in [5, 5.41) is 11.4. The average Bonchev–Trinajstić information content (AvgIpc) is 3.30. The van der Waals surface area contributed by atoms with Gasteiger partial charge < -0.3 is 14.2 Å². The molecule has 0 aromatic heterocycles. The Balaban J connectivity index is 1.46. The second-order valence-corrected chi connectivity index (χ2v) is 11.7. The summed E-state index contributed by atoms with van der Waals surface area (Å²) in [6.07, 6.45) is 1.79. The van der Waals surface area contributed by atoms with Crippen molar-refractivity contribution in [2.45, 2.75) is 6.61 Å². The highest BCUT2D eigenvalue weighted by Crippen LogP contribution is 2.43. The molecule has 1 aliphatic heterocycles. The van der Waals surface area contributed by atoms with Gasteiger partial charge in [0.25, 0.3) is 11.6 Å². The molecule has 0 spiro atoms. The van der Waals surface area contributed by atoms with Crippen molar-refractivity contribution in [1.29, 1.82) is 0 Å². The summed E-state index contributed by atoms with van der Waals surface area (Å²) in [5.41, 5.74) is 2.69. The number of aliphatic imine (C=N–C) groups is 1. The maximum absolute atomic E-state index is 13.9. The number of nitro benzene ring substituents is 1. The SMILES string of the molecule is COc1ccccc1N=C1S/C(=C\c2cc(Br)c(OCc3ccc([N+](=O)[O-])cc3)c(Br)c2)C(=O)N1c1ccccc1OC. The van der Waals surface area contributed by atoms with Crippen LogP contribution in [0, 0.1) is 10.1 Å². The number of non-ortho nitro benzene ring substituents is 1. The molecule has 0 radical (unpaired) electrons. The molecule has 0 unspecified atom stereocenters. The minimum absolute atomic E-state index is 0.0169. The van der Waals surface area contributed by atoms with E-state index in [4.69, 9.17) is 19.2 Å². The number of para-hydroxylation sites is 4. The van der Waals surface area contributed by atoms with Crippen LogP contribution in [0.25, 0.3) is 6.08 Å². The molecular weight excluding hydrogens is 702 g/mol. The Bertz CT molecular complexity index is 1740. The molecule has 9 nitrogen and oxygen atoms in total. The maximum atomic E-state index is 13.9. The Morgan fingerprint density at radius 1 is 0.930 bits per heavy atom. The molecule has 1 heterocycles. The van der Waals surface area contributed by atoms with E-state index in [1.54, 1.807) is 38.5 Å². The molecule has 0 N–H and O–H groups in total. The summed E-state index contributed by atoms with van der Waals surface area (Å²) in [6.45, 7) is 0.209. The van der Waals surface area contributed by atoms with Gasteiger partial charge in [-0.2, -0.15) is 0 Å². The number of carbonyl (C=O) groups excluding carboxylic acids is 1. The van der Waals surface area contributed by atoms with Crippen LogP contribution in [0.5, 0.6) is 17.2 Å². The van der Waals surface area contributed by atoms with E-state index < -0.39 is 4.92 Å². The molecule has 1 aliphatic rings. The van der Waals surface area contributed by atoms with Crippen molar-refractivity contribution < 1.29 is 23.9 Å². The van der Waals surface area contributed by atoms with Crippen LogP contribution in [0.3, 0.4) is 0 Å². The zero-order chi connectivity index (χ0) is 30.5. The van der Waals surface area contributed by atoms with Gasteiger partial charge in [0.15, 0.2) is 5.17 Å². The normalized spacial score (nSPS) is 14.8. The first-order valence-corrected chi connectivity index (χ1v) is 15.1. The molecule has 0 saturated carbocycles. The van der Waals surface area contributed by atoms with Gasteiger partial charge in [-0.25, -0.2) is 4.99 Å². The fraction of sp³-hybridized carbons (Fsp3) is 0.0968. The van der Waals surface area contributed by atoms with E-state index in [-0.39, 0.29) is 18.2 Å². The molecule has 0 bridgehead atoms. The van der Waals surface area contributed by atoms with Crippen molar-refractivity contribution in [3.63, 3.8) is 0 Å². The number of methoxy groups -OCH3 is 2. The number of rotatable bonds is 9. The van der Waals surface area contributed by atoms with E-state index in [2.05, 4.69) is 31.9 Å². The van der Waals surface area contributed by atoms with E-state index in [0.29, 0.717) is 47.6 Å². The van der Waals surface area contributed by atoms with Crippen molar-refractivity contribution in [1.82, 2.24) is 0 Å². The van der Waals surface area contributed by atoms with E-state index in [1.165, 1.54) is 28.8 Å². The molecule has 0 aliphatic carbocycles. The van der Waals surface area contributed by atoms with Crippen LogP contribution in [0.4, 0.5) is 17.1 Å². The number of hydrogen-bond donors (Lipinski definition) is 0. The van der Waals surface area contributed by atoms with Crippen molar-refractivity contribution in [2.24, 2.45) is 4.99 Å². The summed E-state index contributed by atoms with van der Waals surface area (Å²) in [7, 11) is 3.13. The quantitative estimate of drug-likeness (QED) is 0.0969. The minimum atomic E-state index is -0.443. The van der Waals surface area contributed by atoms with Crippen LogP contribution in [-0.2, 0) is 11.4 Å². The lowest BCUT2D eigenvalue weighted by atomic mass is 10.2. The van der Waals surface area contributed by atoms with Crippen LogP contribution >= 0.6 is 43.6 Å². The summed E-state index contributed by atoms with van der Waals surface area (Å²) in [5.74, 6) is 1.41. The highest BCUT2D eigenvalue weighted by molar-refractivity contribution is 9.11. The van der Waals surface area contributed by atoms with E-state index >= 15 is 0 Å². The number of nitro groups is 1. The average molecular weight is 725 g/mol. The van der Waals surface area contributed by atoms with E-state index in [0.717, 1.165) is 11.1 Å². The Hall–Kier alpha value is -4.13. The van der Waals surface area contributed by atoms with Crippen LogP contribution < -0.4 is 19.1 Å². The smallest absolute Gasteiger partial charge is 0.271 e. The van der Waals surface area contributed by atoms with Crippen LogP contribution in [0.15, 0.2) is 104 Å². The molecule has 12 heteroatoms. The topological polar surface area (TPSA) is 104 Å². The number of carbonyl (C=O) groups is 1. The van der Waals surface area contributed by atoms with Crippen LogP contribution in [0.2, 0.25) is 0 Å². The number of nitrogens with zero attached hydrogens (tertiary/aromatic N) is 3. The molecule has 218 valence electrons. The second-order valence-electron chi connectivity index (χ2n) is 9.02. The zero-order valence-electron chi connectivity index (χ0n) is 22.8. The summed E-state index contributed by atoms with van der Waals surface area (Å²) >= 11 is 8.40.